The van der Waals surface area contributed by atoms with E-state index in [1.165, 1.54) is 5.56 Å². The molecule has 2 aliphatic rings. The smallest absolute Gasteiger partial charge is 0.291 e. The Kier molecular flexibility index (Phi) is 6.66. The number of pyridine rings is 1. The Morgan fingerprint density at radius 1 is 1.00 bits per heavy atom. The third-order valence-electron chi connectivity index (χ3n) is 6.08. The van der Waals surface area contributed by atoms with Gasteiger partial charge in [0.2, 0.25) is 0 Å². The van der Waals surface area contributed by atoms with Crippen LogP contribution in [0, 0.1) is 0 Å². The summed E-state index contributed by atoms with van der Waals surface area (Å²) in [6.07, 6.45) is 3.44. The molecule has 1 aromatic carbocycles. The first kappa shape index (κ1) is 21.6. The zero-order chi connectivity index (χ0) is 22.5. The molecule has 0 unspecified atom stereocenters. The molecule has 0 atom stereocenters. The molecule has 172 valence electrons. The number of morpholine rings is 1. The first-order chi connectivity index (χ1) is 16.3. The van der Waals surface area contributed by atoms with Crippen LogP contribution in [0.4, 0.5) is 11.4 Å². The van der Waals surface area contributed by atoms with E-state index in [9.17, 15) is 4.79 Å². The van der Waals surface area contributed by atoms with Crippen LogP contribution in [-0.2, 0) is 11.3 Å². The SMILES string of the molecule is O=C(Nc1cnccc1N1CCNCC1)c1ccc(-c2ccc(CN3CCOCC3)cc2)o1. The number of rotatable bonds is 6. The molecule has 1 amide bonds. The van der Waals surface area contributed by atoms with E-state index in [1.54, 1.807) is 18.5 Å². The van der Waals surface area contributed by atoms with Gasteiger partial charge in [0, 0.05) is 57.6 Å². The van der Waals surface area contributed by atoms with Crippen molar-refractivity contribution in [1.82, 2.24) is 15.2 Å². The summed E-state index contributed by atoms with van der Waals surface area (Å²) in [6, 6.07) is 13.8. The van der Waals surface area contributed by atoms with Gasteiger partial charge in [-0.3, -0.25) is 14.7 Å². The summed E-state index contributed by atoms with van der Waals surface area (Å²) in [4.78, 5) is 21.7. The van der Waals surface area contributed by atoms with Crippen LogP contribution in [0.2, 0.25) is 0 Å². The van der Waals surface area contributed by atoms with Crippen molar-refractivity contribution in [3.63, 3.8) is 0 Å². The Morgan fingerprint density at radius 3 is 2.58 bits per heavy atom. The molecule has 0 radical (unpaired) electrons. The van der Waals surface area contributed by atoms with Crippen molar-refractivity contribution in [2.75, 3.05) is 62.7 Å². The van der Waals surface area contributed by atoms with Crippen molar-refractivity contribution in [2.24, 2.45) is 0 Å². The molecule has 2 saturated heterocycles. The van der Waals surface area contributed by atoms with Crippen LogP contribution in [-0.4, -0.2) is 68.3 Å². The number of carbonyl (C=O) groups excluding carboxylic acids is 1. The lowest BCUT2D eigenvalue weighted by molar-refractivity contribution is 0.0342. The summed E-state index contributed by atoms with van der Waals surface area (Å²) in [5, 5.41) is 6.32. The van der Waals surface area contributed by atoms with Crippen LogP contribution in [0.3, 0.4) is 0 Å². The van der Waals surface area contributed by atoms with Crippen molar-refractivity contribution in [1.29, 1.82) is 0 Å². The van der Waals surface area contributed by atoms with Gasteiger partial charge in [-0.1, -0.05) is 24.3 Å². The number of nitrogens with one attached hydrogen (secondary N) is 2. The first-order valence-corrected chi connectivity index (χ1v) is 11.5. The van der Waals surface area contributed by atoms with Gasteiger partial charge in [0.1, 0.15) is 5.76 Å². The van der Waals surface area contributed by atoms with E-state index >= 15 is 0 Å². The average molecular weight is 448 g/mol. The molecule has 4 heterocycles. The number of hydrogen-bond acceptors (Lipinski definition) is 7. The highest BCUT2D eigenvalue weighted by atomic mass is 16.5. The van der Waals surface area contributed by atoms with Gasteiger partial charge in [-0.15, -0.1) is 0 Å². The lowest BCUT2D eigenvalue weighted by Gasteiger charge is -2.30. The van der Waals surface area contributed by atoms with E-state index in [0.29, 0.717) is 11.4 Å². The monoisotopic (exact) mass is 447 g/mol. The van der Waals surface area contributed by atoms with E-state index in [0.717, 1.165) is 70.3 Å². The standard InChI is InChI=1S/C25H29N5O3/c31-25(28-21-17-27-8-7-22(21)30-11-9-26-10-12-30)24-6-5-23(33-24)20-3-1-19(2-4-20)18-29-13-15-32-16-14-29/h1-8,17,26H,9-16,18H2,(H,28,31). The molecule has 2 fully saturated rings. The molecule has 3 aromatic rings. The quantitative estimate of drug-likeness (QED) is 0.601. The van der Waals surface area contributed by atoms with E-state index in [1.807, 2.05) is 24.3 Å². The molecule has 5 rings (SSSR count). The largest absolute Gasteiger partial charge is 0.451 e. The Balaban J connectivity index is 1.25. The van der Waals surface area contributed by atoms with Gasteiger partial charge in [-0.25, -0.2) is 0 Å². The van der Waals surface area contributed by atoms with Crippen molar-refractivity contribution in [2.45, 2.75) is 6.54 Å². The Labute approximate surface area is 193 Å². The second-order valence-electron chi connectivity index (χ2n) is 8.33. The molecule has 0 spiro atoms. The number of benzene rings is 1. The highest BCUT2D eigenvalue weighted by Crippen LogP contribution is 2.27. The number of amides is 1. The Morgan fingerprint density at radius 2 is 1.79 bits per heavy atom. The topological polar surface area (TPSA) is 82.9 Å². The number of anilines is 2. The van der Waals surface area contributed by atoms with Gasteiger partial charge in [-0.05, 0) is 23.8 Å². The fourth-order valence-corrected chi connectivity index (χ4v) is 4.26. The van der Waals surface area contributed by atoms with Gasteiger partial charge >= 0.3 is 0 Å². The summed E-state index contributed by atoms with van der Waals surface area (Å²) in [5.41, 5.74) is 3.86. The number of piperazine rings is 1. The summed E-state index contributed by atoms with van der Waals surface area (Å²) in [7, 11) is 0. The van der Waals surface area contributed by atoms with Gasteiger partial charge in [0.25, 0.3) is 5.91 Å². The van der Waals surface area contributed by atoms with E-state index in [2.05, 4.69) is 37.6 Å². The molecular weight excluding hydrogens is 418 g/mol. The summed E-state index contributed by atoms with van der Waals surface area (Å²) in [5.74, 6) is 0.665. The molecule has 2 aromatic heterocycles. The predicted molar refractivity (Wildman–Crippen MR) is 128 cm³/mol. The fourth-order valence-electron chi connectivity index (χ4n) is 4.26. The van der Waals surface area contributed by atoms with E-state index in [-0.39, 0.29) is 11.7 Å². The summed E-state index contributed by atoms with van der Waals surface area (Å²) >= 11 is 0. The average Bonchev–Trinajstić information content (AvgIpc) is 3.37. The van der Waals surface area contributed by atoms with Crippen molar-refractivity contribution in [3.05, 3.63) is 66.2 Å². The Hall–Kier alpha value is -3.20. The van der Waals surface area contributed by atoms with Crippen LogP contribution in [0.15, 0.2) is 59.3 Å². The molecule has 8 nitrogen and oxygen atoms in total. The van der Waals surface area contributed by atoms with Gasteiger partial charge in [0.05, 0.1) is 30.8 Å². The highest BCUT2D eigenvalue weighted by Gasteiger charge is 2.18. The molecule has 33 heavy (non-hydrogen) atoms. The predicted octanol–water partition coefficient (Wildman–Crippen LogP) is 2.84. The minimum Gasteiger partial charge on any atom is -0.451 e. The van der Waals surface area contributed by atoms with Gasteiger partial charge < -0.3 is 24.7 Å². The number of nitrogens with zero attached hydrogens (tertiary/aromatic N) is 3. The van der Waals surface area contributed by atoms with Crippen LogP contribution in [0.25, 0.3) is 11.3 Å². The van der Waals surface area contributed by atoms with Gasteiger partial charge in [-0.2, -0.15) is 0 Å². The van der Waals surface area contributed by atoms with Crippen molar-refractivity contribution < 1.29 is 13.9 Å². The van der Waals surface area contributed by atoms with Crippen molar-refractivity contribution in [3.8, 4) is 11.3 Å². The van der Waals surface area contributed by atoms with E-state index in [4.69, 9.17) is 9.15 Å². The normalized spacial score (nSPS) is 17.2. The molecule has 2 aliphatic heterocycles. The van der Waals surface area contributed by atoms with Gasteiger partial charge in [0.15, 0.2) is 5.76 Å². The van der Waals surface area contributed by atoms with Crippen LogP contribution in [0.1, 0.15) is 16.1 Å². The van der Waals surface area contributed by atoms with Crippen molar-refractivity contribution >= 4 is 17.3 Å². The second-order valence-corrected chi connectivity index (χ2v) is 8.33. The van der Waals surface area contributed by atoms with Crippen LogP contribution in [0.5, 0.6) is 0 Å². The van der Waals surface area contributed by atoms with E-state index < -0.39 is 0 Å². The lowest BCUT2D eigenvalue weighted by atomic mass is 10.1. The zero-order valence-electron chi connectivity index (χ0n) is 18.6. The minimum absolute atomic E-state index is 0.275. The number of hydrogen-bond donors (Lipinski definition) is 2. The first-order valence-electron chi connectivity index (χ1n) is 11.5. The maximum absolute atomic E-state index is 12.9. The minimum atomic E-state index is -0.283. The number of aromatic nitrogens is 1. The molecule has 2 N–H and O–H groups in total. The van der Waals surface area contributed by atoms with Crippen LogP contribution < -0.4 is 15.5 Å². The summed E-state index contributed by atoms with van der Waals surface area (Å²) in [6.45, 7) is 8.05. The number of ether oxygens (including phenoxy) is 1. The number of carbonyl (C=O) groups is 1. The lowest BCUT2D eigenvalue weighted by Crippen LogP contribution is -2.43. The molecule has 0 bridgehead atoms. The highest BCUT2D eigenvalue weighted by molar-refractivity contribution is 6.04. The third-order valence-corrected chi connectivity index (χ3v) is 6.08. The second kappa shape index (κ2) is 10.2. The van der Waals surface area contributed by atoms with Crippen LogP contribution >= 0.6 is 0 Å². The summed E-state index contributed by atoms with van der Waals surface area (Å²) < 4.78 is 11.3. The maximum atomic E-state index is 12.9. The fraction of sp³-hybridized carbons (Fsp3) is 0.360. The Bertz CT molecular complexity index is 1070. The molecule has 8 heteroatoms. The molecule has 0 saturated carbocycles. The maximum Gasteiger partial charge on any atom is 0.291 e. The zero-order valence-corrected chi connectivity index (χ0v) is 18.6. The molecular formula is C25H29N5O3. The number of furan rings is 1. The third kappa shape index (κ3) is 5.24. The molecule has 0 aliphatic carbocycles.